The predicted octanol–water partition coefficient (Wildman–Crippen LogP) is 1.63. The van der Waals surface area contributed by atoms with Gasteiger partial charge >= 0.3 is 0 Å². The van der Waals surface area contributed by atoms with E-state index >= 15 is 0 Å². The number of fused-ring (bicyclic) bond motifs is 1. The molecule has 2 heterocycles. The van der Waals surface area contributed by atoms with Crippen LogP contribution in [0.4, 0.5) is 0 Å². The van der Waals surface area contributed by atoms with Gasteiger partial charge in [-0.05, 0) is 25.0 Å². The van der Waals surface area contributed by atoms with Gasteiger partial charge in [-0.2, -0.15) is 0 Å². The highest BCUT2D eigenvalue weighted by Crippen LogP contribution is 2.29. The number of rotatable bonds is 1. The van der Waals surface area contributed by atoms with E-state index in [2.05, 4.69) is 22.9 Å². The molecule has 15 heavy (non-hydrogen) atoms. The number of aromatic nitrogens is 1. The minimum Gasteiger partial charge on any atom is -0.348 e. The molecule has 1 aromatic rings. The molecule has 0 atom stereocenters. The van der Waals surface area contributed by atoms with E-state index in [0.29, 0.717) is 11.8 Å². The lowest BCUT2D eigenvalue weighted by Crippen LogP contribution is -2.42. The van der Waals surface area contributed by atoms with E-state index in [-0.39, 0.29) is 0 Å². The van der Waals surface area contributed by atoms with Crippen molar-refractivity contribution in [2.75, 3.05) is 6.54 Å². The average molecular weight is 204 g/mol. The lowest BCUT2D eigenvalue weighted by Gasteiger charge is -2.34. The SMILES string of the molecule is O=C(C1CCC1)N1CCn2cccc2C1. The maximum Gasteiger partial charge on any atom is 0.226 e. The van der Waals surface area contributed by atoms with Crippen LogP contribution in [0.15, 0.2) is 18.3 Å². The Hall–Kier alpha value is -1.25. The predicted molar refractivity (Wildman–Crippen MR) is 57.2 cm³/mol. The number of amides is 1. The maximum absolute atomic E-state index is 12.0. The smallest absolute Gasteiger partial charge is 0.226 e. The number of carbonyl (C=O) groups excluding carboxylic acids is 1. The van der Waals surface area contributed by atoms with Crippen molar-refractivity contribution in [3.8, 4) is 0 Å². The van der Waals surface area contributed by atoms with E-state index < -0.39 is 0 Å². The first-order valence-corrected chi connectivity index (χ1v) is 5.77. The second kappa shape index (κ2) is 3.40. The highest BCUT2D eigenvalue weighted by molar-refractivity contribution is 5.79. The summed E-state index contributed by atoms with van der Waals surface area (Å²) in [6.07, 6.45) is 5.55. The van der Waals surface area contributed by atoms with Crippen LogP contribution in [0.2, 0.25) is 0 Å². The van der Waals surface area contributed by atoms with E-state index in [9.17, 15) is 4.79 Å². The van der Waals surface area contributed by atoms with Crippen LogP contribution in [0, 0.1) is 5.92 Å². The summed E-state index contributed by atoms with van der Waals surface area (Å²) in [5, 5.41) is 0. The van der Waals surface area contributed by atoms with E-state index in [1.54, 1.807) is 0 Å². The van der Waals surface area contributed by atoms with Gasteiger partial charge in [-0.1, -0.05) is 6.42 Å². The second-order valence-corrected chi connectivity index (χ2v) is 4.58. The Morgan fingerprint density at radius 3 is 2.93 bits per heavy atom. The van der Waals surface area contributed by atoms with Gasteiger partial charge in [-0.15, -0.1) is 0 Å². The van der Waals surface area contributed by atoms with Crippen LogP contribution in [-0.4, -0.2) is 21.9 Å². The van der Waals surface area contributed by atoms with Gasteiger partial charge in [0.15, 0.2) is 0 Å². The van der Waals surface area contributed by atoms with Gasteiger partial charge in [0.1, 0.15) is 0 Å². The highest BCUT2D eigenvalue weighted by atomic mass is 16.2. The Morgan fingerprint density at radius 1 is 1.33 bits per heavy atom. The molecule has 0 N–H and O–H groups in total. The summed E-state index contributed by atoms with van der Waals surface area (Å²) in [6, 6.07) is 4.17. The van der Waals surface area contributed by atoms with Crippen LogP contribution in [-0.2, 0) is 17.9 Å². The Labute approximate surface area is 89.7 Å². The Kier molecular flexibility index (Phi) is 2.04. The first kappa shape index (κ1) is 9.01. The molecule has 0 radical (unpaired) electrons. The number of nitrogens with zero attached hydrogens (tertiary/aromatic N) is 2. The summed E-state index contributed by atoms with van der Waals surface area (Å²) in [5.74, 6) is 0.722. The van der Waals surface area contributed by atoms with Gasteiger partial charge in [0.2, 0.25) is 5.91 Å². The summed E-state index contributed by atoms with van der Waals surface area (Å²) in [7, 11) is 0. The fourth-order valence-corrected chi connectivity index (χ4v) is 2.42. The molecular formula is C12H16N2O. The Bertz CT molecular complexity index is 379. The first-order chi connectivity index (χ1) is 7.34. The van der Waals surface area contributed by atoms with Crippen molar-refractivity contribution in [1.82, 2.24) is 9.47 Å². The molecule has 80 valence electrons. The normalized spacial score (nSPS) is 20.9. The number of hydrogen-bond donors (Lipinski definition) is 0. The third-order valence-electron chi connectivity index (χ3n) is 3.65. The summed E-state index contributed by atoms with van der Waals surface area (Å²) < 4.78 is 2.24. The van der Waals surface area contributed by atoms with Crippen molar-refractivity contribution in [3.05, 3.63) is 24.0 Å². The Balaban J connectivity index is 1.72. The lowest BCUT2D eigenvalue weighted by molar-refractivity contribution is -0.139. The fourth-order valence-electron chi connectivity index (χ4n) is 2.42. The number of hydrogen-bond acceptors (Lipinski definition) is 1. The van der Waals surface area contributed by atoms with Gasteiger partial charge in [0.05, 0.1) is 6.54 Å². The first-order valence-electron chi connectivity index (χ1n) is 5.77. The minimum atomic E-state index is 0.339. The third-order valence-corrected chi connectivity index (χ3v) is 3.65. The van der Waals surface area contributed by atoms with Crippen LogP contribution in [0.5, 0.6) is 0 Å². The van der Waals surface area contributed by atoms with Crippen molar-refractivity contribution in [1.29, 1.82) is 0 Å². The highest BCUT2D eigenvalue weighted by Gasteiger charge is 2.30. The van der Waals surface area contributed by atoms with E-state index in [0.717, 1.165) is 32.5 Å². The quantitative estimate of drug-likeness (QED) is 0.682. The molecule has 1 amide bonds. The molecule has 1 aliphatic heterocycles. The van der Waals surface area contributed by atoms with Crippen molar-refractivity contribution in [2.24, 2.45) is 5.92 Å². The van der Waals surface area contributed by atoms with E-state index in [1.165, 1.54) is 12.1 Å². The molecule has 0 aromatic carbocycles. The van der Waals surface area contributed by atoms with E-state index in [4.69, 9.17) is 0 Å². The molecule has 1 saturated carbocycles. The third kappa shape index (κ3) is 1.46. The van der Waals surface area contributed by atoms with E-state index in [1.807, 2.05) is 4.90 Å². The molecule has 3 nitrogen and oxygen atoms in total. The molecule has 0 bridgehead atoms. The average Bonchev–Trinajstić information content (AvgIpc) is 2.61. The molecular weight excluding hydrogens is 188 g/mol. The topological polar surface area (TPSA) is 25.2 Å². The lowest BCUT2D eigenvalue weighted by atomic mass is 9.84. The van der Waals surface area contributed by atoms with Gasteiger partial charge in [0, 0.05) is 30.9 Å². The molecule has 0 unspecified atom stereocenters. The van der Waals surface area contributed by atoms with Gasteiger partial charge in [-0.3, -0.25) is 4.79 Å². The van der Waals surface area contributed by atoms with Crippen LogP contribution < -0.4 is 0 Å². The van der Waals surface area contributed by atoms with Crippen molar-refractivity contribution in [3.63, 3.8) is 0 Å². The summed E-state index contributed by atoms with van der Waals surface area (Å²) in [5.41, 5.74) is 1.27. The minimum absolute atomic E-state index is 0.339. The standard InChI is InChI=1S/C12H16N2O/c15-12(10-3-1-4-10)14-8-7-13-6-2-5-11(13)9-14/h2,5-6,10H,1,3-4,7-9H2. The van der Waals surface area contributed by atoms with Gasteiger partial charge in [-0.25, -0.2) is 0 Å². The van der Waals surface area contributed by atoms with Crippen molar-refractivity contribution >= 4 is 5.91 Å². The van der Waals surface area contributed by atoms with Crippen molar-refractivity contribution < 1.29 is 4.79 Å². The summed E-state index contributed by atoms with van der Waals surface area (Å²) in [6.45, 7) is 2.65. The zero-order chi connectivity index (χ0) is 10.3. The maximum atomic E-state index is 12.0. The zero-order valence-corrected chi connectivity index (χ0v) is 8.85. The molecule has 2 aliphatic rings. The molecule has 3 rings (SSSR count). The molecule has 0 spiro atoms. The molecule has 1 aromatic heterocycles. The molecule has 0 saturated heterocycles. The van der Waals surface area contributed by atoms with Gasteiger partial charge < -0.3 is 9.47 Å². The summed E-state index contributed by atoms with van der Waals surface area (Å²) in [4.78, 5) is 14.1. The second-order valence-electron chi connectivity index (χ2n) is 4.58. The molecule has 1 aliphatic carbocycles. The van der Waals surface area contributed by atoms with Crippen molar-refractivity contribution in [2.45, 2.75) is 32.4 Å². The Morgan fingerprint density at radius 2 is 2.20 bits per heavy atom. The van der Waals surface area contributed by atoms with Crippen LogP contribution in [0.25, 0.3) is 0 Å². The summed E-state index contributed by atoms with van der Waals surface area (Å²) >= 11 is 0. The molecule has 1 fully saturated rings. The van der Waals surface area contributed by atoms with Crippen LogP contribution in [0.1, 0.15) is 25.0 Å². The fraction of sp³-hybridized carbons (Fsp3) is 0.583. The van der Waals surface area contributed by atoms with Crippen LogP contribution in [0.3, 0.4) is 0 Å². The number of carbonyl (C=O) groups is 1. The van der Waals surface area contributed by atoms with Crippen LogP contribution >= 0.6 is 0 Å². The zero-order valence-electron chi connectivity index (χ0n) is 8.85. The van der Waals surface area contributed by atoms with Gasteiger partial charge in [0.25, 0.3) is 0 Å². The molecule has 3 heteroatoms. The largest absolute Gasteiger partial charge is 0.348 e. The monoisotopic (exact) mass is 204 g/mol.